The molecule has 34 heavy (non-hydrogen) atoms. The van der Waals surface area contributed by atoms with Crippen molar-refractivity contribution in [3.05, 3.63) is 48.0 Å². The third-order valence-electron chi connectivity index (χ3n) is 6.56. The van der Waals surface area contributed by atoms with Crippen molar-refractivity contribution in [2.45, 2.75) is 45.7 Å². The predicted octanol–water partition coefficient (Wildman–Crippen LogP) is 4.86. The molecule has 2 aliphatic rings. The standard InChI is InChI=1S/C26H33N5O2.CH4/c1-31(2)25-21-5-3-4-6-22(21)29-26(30-25)28-20-10-7-18(8-11-20)16-27-17-19-9-12-23-24(15-19)33-14-13-32-23;/h3-6,9,12,15,18,20,27H,7-8,10-11,13-14,16-17H2,1-2H3,(H,28,29,30);1H4. The number of hydrogen-bond donors (Lipinski definition) is 2. The van der Waals surface area contributed by atoms with Crippen LogP contribution in [0.25, 0.3) is 10.9 Å². The summed E-state index contributed by atoms with van der Waals surface area (Å²) in [4.78, 5) is 11.6. The van der Waals surface area contributed by atoms with E-state index < -0.39 is 0 Å². The van der Waals surface area contributed by atoms with E-state index >= 15 is 0 Å². The molecule has 1 aliphatic carbocycles. The number of aromatic nitrogens is 2. The summed E-state index contributed by atoms with van der Waals surface area (Å²) >= 11 is 0. The minimum atomic E-state index is 0. The lowest BCUT2D eigenvalue weighted by Gasteiger charge is -2.29. The van der Waals surface area contributed by atoms with E-state index in [1.807, 2.05) is 32.3 Å². The van der Waals surface area contributed by atoms with Gasteiger partial charge in [0, 0.05) is 32.1 Å². The molecule has 1 aromatic heterocycles. The third-order valence-corrected chi connectivity index (χ3v) is 6.56. The number of benzene rings is 2. The van der Waals surface area contributed by atoms with Crippen molar-refractivity contribution in [2.24, 2.45) is 5.92 Å². The summed E-state index contributed by atoms with van der Waals surface area (Å²) in [6.45, 7) is 3.15. The maximum atomic E-state index is 5.69. The van der Waals surface area contributed by atoms with Crippen molar-refractivity contribution in [1.82, 2.24) is 15.3 Å². The van der Waals surface area contributed by atoms with Gasteiger partial charge in [0.25, 0.3) is 0 Å². The van der Waals surface area contributed by atoms with Crippen LogP contribution in [0.15, 0.2) is 42.5 Å². The van der Waals surface area contributed by atoms with E-state index in [-0.39, 0.29) is 7.43 Å². The second-order valence-electron chi connectivity index (χ2n) is 9.25. The fourth-order valence-electron chi connectivity index (χ4n) is 4.78. The molecule has 0 amide bonds. The normalized spacial score (nSPS) is 19.4. The van der Waals surface area contributed by atoms with E-state index in [0.717, 1.165) is 60.1 Å². The zero-order chi connectivity index (χ0) is 22.6. The van der Waals surface area contributed by atoms with Crippen molar-refractivity contribution < 1.29 is 9.47 Å². The highest BCUT2D eigenvalue weighted by atomic mass is 16.6. The second kappa shape index (κ2) is 10.9. The number of nitrogens with one attached hydrogen (secondary N) is 2. The van der Waals surface area contributed by atoms with E-state index in [9.17, 15) is 0 Å². The summed E-state index contributed by atoms with van der Waals surface area (Å²) < 4.78 is 11.3. The molecule has 0 atom stereocenters. The molecule has 0 bridgehead atoms. The fraction of sp³-hybridized carbons (Fsp3) is 0.481. The van der Waals surface area contributed by atoms with Crippen LogP contribution >= 0.6 is 0 Å². The van der Waals surface area contributed by atoms with E-state index in [4.69, 9.17) is 19.4 Å². The Morgan fingerprint density at radius 1 is 0.941 bits per heavy atom. The van der Waals surface area contributed by atoms with Crippen LogP contribution in [-0.2, 0) is 6.54 Å². The van der Waals surface area contributed by atoms with E-state index in [1.54, 1.807) is 0 Å². The Kier molecular flexibility index (Phi) is 7.73. The van der Waals surface area contributed by atoms with Gasteiger partial charge in [-0.3, -0.25) is 0 Å². The first kappa shape index (κ1) is 24.1. The molecule has 7 heteroatoms. The Morgan fingerprint density at radius 3 is 2.50 bits per heavy atom. The van der Waals surface area contributed by atoms with Gasteiger partial charge in [-0.05, 0) is 68.0 Å². The molecule has 2 N–H and O–H groups in total. The van der Waals surface area contributed by atoms with Crippen molar-refractivity contribution >= 4 is 22.7 Å². The lowest BCUT2D eigenvalue weighted by molar-refractivity contribution is 0.171. The van der Waals surface area contributed by atoms with Crippen LogP contribution in [0.1, 0.15) is 38.7 Å². The summed E-state index contributed by atoms with van der Waals surface area (Å²) in [5.74, 6) is 4.11. The Labute approximate surface area is 202 Å². The van der Waals surface area contributed by atoms with Gasteiger partial charge in [0.2, 0.25) is 5.95 Å². The van der Waals surface area contributed by atoms with Crippen LogP contribution in [0.4, 0.5) is 11.8 Å². The van der Waals surface area contributed by atoms with E-state index in [1.165, 1.54) is 18.4 Å². The van der Waals surface area contributed by atoms with Crippen LogP contribution in [0.3, 0.4) is 0 Å². The van der Waals surface area contributed by atoms with Gasteiger partial charge in [0.1, 0.15) is 19.0 Å². The van der Waals surface area contributed by atoms with Crippen molar-refractivity contribution in [3.8, 4) is 11.5 Å². The number of hydrogen-bond acceptors (Lipinski definition) is 7. The minimum Gasteiger partial charge on any atom is -0.486 e. The Bertz CT molecular complexity index is 1100. The summed E-state index contributed by atoms with van der Waals surface area (Å²) in [6.07, 6.45) is 4.70. The molecular formula is C27H37N5O2. The molecule has 5 rings (SSSR count). The average molecular weight is 464 g/mol. The Morgan fingerprint density at radius 2 is 1.71 bits per heavy atom. The van der Waals surface area contributed by atoms with Gasteiger partial charge in [0.15, 0.2) is 11.5 Å². The molecular weight excluding hydrogens is 426 g/mol. The van der Waals surface area contributed by atoms with Gasteiger partial charge < -0.3 is 25.0 Å². The first-order valence-electron chi connectivity index (χ1n) is 12.0. The summed E-state index contributed by atoms with van der Waals surface area (Å²) in [7, 11) is 4.06. The number of fused-ring (bicyclic) bond motifs is 2. The van der Waals surface area contributed by atoms with Crippen molar-refractivity contribution in [1.29, 1.82) is 0 Å². The molecule has 2 aromatic carbocycles. The molecule has 0 radical (unpaired) electrons. The van der Waals surface area contributed by atoms with Gasteiger partial charge >= 0.3 is 0 Å². The van der Waals surface area contributed by atoms with Crippen molar-refractivity contribution in [2.75, 3.05) is 44.1 Å². The smallest absolute Gasteiger partial charge is 0.225 e. The van der Waals surface area contributed by atoms with Gasteiger partial charge in [-0.2, -0.15) is 4.98 Å². The summed E-state index contributed by atoms with van der Waals surface area (Å²) in [5.41, 5.74) is 2.22. The highest BCUT2D eigenvalue weighted by Crippen LogP contribution is 2.31. The van der Waals surface area contributed by atoms with Gasteiger partial charge in [-0.15, -0.1) is 0 Å². The highest BCUT2D eigenvalue weighted by molar-refractivity contribution is 5.90. The molecule has 1 aliphatic heterocycles. The number of rotatable bonds is 7. The van der Waals surface area contributed by atoms with E-state index in [0.29, 0.717) is 25.2 Å². The summed E-state index contributed by atoms with van der Waals surface area (Å²) in [5, 5.41) is 8.32. The van der Waals surface area contributed by atoms with Crippen LogP contribution < -0.4 is 25.0 Å². The number of ether oxygens (including phenoxy) is 2. The monoisotopic (exact) mass is 463 g/mol. The zero-order valence-corrected chi connectivity index (χ0v) is 19.5. The lowest BCUT2D eigenvalue weighted by Crippen LogP contribution is -2.31. The molecule has 0 saturated heterocycles. The number of anilines is 2. The molecule has 1 saturated carbocycles. The van der Waals surface area contributed by atoms with Gasteiger partial charge in [-0.25, -0.2) is 4.98 Å². The number of nitrogens with zero attached hydrogens (tertiary/aromatic N) is 3. The van der Waals surface area contributed by atoms with Crippen molar-refractivity contribution in [3.63, 3.8) is 0 Å². The SMILES string of the molecule is C.CN(C)c1nc(NC2CCC(CNCc3ccc4c(c3)OCCO4)CC2)nc2ccccc12. The fourth-order valence-corrected chi connectivity index (χ4v) is 4.78. The Balaban J connectivity index is 0.00000274. The predicted molar refractivity (Wildman–Crippen MR) is 139 cm³/mol. The molecule has 2 heterocycles. The van der Waals surface area contributed by atoms with Crippen LogP contribution in [-0.4, -0.2) is 49.9 Å². The first-order valence-corrected chi connectivity index (χ1v) is 12.0. The third kappa shape index (κ3) is 5.53. The molecule has 1 fully saturated rings. The van der Waals surface area contributed by atoms with Crippen LogP contribution in [0.5, 0.6) is 11.5 Å². The van der Waals surface area contributed by atoms with Gasteiger partial charge in [0.05, 0.1) is 5.52 Å². The zero-order valence-electron chi connectivity index (χ0n) is 19.5. The van der Waals surface area contributed by atoms with Crippen LogP contribution in [0.2, 0.25) is 0 Å². The number of para-hydroxylation sites is 1. The molecule has 0 unspecified atom stereocenters. The first-order chi connectivity index (χ1) is 16.2. The maximum Gasteiger partial charge on any atom is 0.225 e. The Hall–Kier alpha value is -3.06. The quantitative estimate of drug-likeness (QED) is 0.518. The summed E-state index contributed by atoms with van der Waals surface area (Å²) in [6, 6.07) is 14.9. The highest BCUT2D eigenvalue weighted by Gasteiger charge is 2.22. The maximum absolute atomic E-state index is 5.69. The lowest BCUT2D eigenvalue weighted by atomic mass is 9.86. The molecule has 3 aromatic rings. The molecule has 7 nitrogen and oxygen atoms in total. The van der Waals surface area contributed by atoms with Gasteiger partial charge in [-0.1, -0.05) is 25.6 Å². The molecule has 182 valence electrons. The topological polar surface area (TPSA) is 71.5 Å². The van der Waals surface area contributed by atoms with Crippen LogP contribution in [0, 0.1) is 5.92 Å². The molecule has 0 spiro atoms. The largest absolute Gasteiger partial charge is 0.486 e. The van der Waals surface area contributed by atoms with E-state index in [2.05, 4.69) is 39.8 Å². The average Bonchev–Trinajstić information content (AvgIpc) is 2.84. The second-order valence-corrected chi connectivity index (χ2v) is 9.25. The minimum absolute atomic E-state index is 0.